The van der Waals surface area contributed by atoms with E-state index in [9.17, 15) is 22.8 Å². The molecule has 0 aliphatic rings. The number of carboxylic acids is 1. The zero-order valence-electron chi connectivity index (χ0n) is 10.8. The van der Waals surface area contributed by atoms with Crippen LogP contribution in [0.25, 0.3) is 10.6 Å². The quantitative estimate of drug-likeness (QED) is 0.876. The van der Waals surface area contributed by atoms with Crippen molar-refractivity contribution >= 4 is 23.2 Å². The van der Waals surface area contributed by atoms with Gasteiger partial charge in [0.05, 0.1) is 12.7 Å². The van der Waals surface area contributed by atoms with E-state index in [0.717, 1.165) is 11.3 Å². The summed E-state index contributed by atoms with van der Waals surface area (Å²) in [6.07, 6.45) is -3.57. The van der Waals surface area contributed by atoms with Gasteiger partial charge in [-0.05, 0) is 6.07 Å². The minimum atomic E-state index is -4.71. The van der Waals surface area contributed by atoms with Crippen molar-refractivity contribution in [2.24, 2.45) is 0 Å². The Hall–Kier alpha value is -2.36. The highest BCUT2D eigenvalue weighted by molar-refractivity contribution is 7.13. The fourth-order valence-corrected chi connectivity index (χ4v) is 2.35. The van der Waals surface area contributed by atoms with Crippen LogP contribution in [-0.2, 0) is 4.79 Å². The lowest BCUT2D eigenvalue weighted by Gasteiger charge is -2.15. The van der Waals surface area contributed by atoms with Gasteiger partial charge in [0.25, 0.3) is 5.91 Å². The monoisotopic (exact) mass is 334 g/mol. The Kier molecular flexibility index (Phi) is 4.50. The molecule has 0 fully saturated rings. The van der Waals surface area contributed by atoms with Gasteiger partial charge in [-0.3, -0.25) is 4.79 Å². The fraction of sp³-hybridized carbons (Fsp3) is 0.250. The lowest BCUT2D eigenvalue weighted by atomic mass is 10.2. The van der Waals surface area contributed by atoms with Gasteiger partial charge in [0.1, 0.15) is 23.0 Å². The molecule has 0 saturated carbocycles. The number of thiazole rings is 1. The molecule has 10 heteroatoms. The fourth-order valence-electron chi connectivity index (χ4n) is 1.56. The molecule has 6 nitrogen and oxygen atoms in total. The number of carbonyl (C=O) groups excluding carboxylic acids is 1. The number of furan rings is 1. The Bertz CT molecular complexity index is 666. The van der Waals surface area contributed by atoms with Crippen LogP contribution in [0.15, 0.2) is 28.4 Å². The van der Waals surface area contributed by atoms with Crippen molar-refractivity contribution in [2.75, 3.05) is 0 Å². The number of amides is 1. The molecule has 2 aromatic rings. The standard InChI is InChI=1S/C12H9F3N2O4S/c13-12(14,15)3-7(11(19)20)16-9(18)8-5-22-10(17-8)6-1-2-21-4-6/h1-2,4-5,7H,3H2,(H,16,18)(H,19,20). The van der Waals surface area contributed by atoms with Crippen LogP contribution in [0.2, 0.25) is 0 Å². The summed E-state index contributed by atoms with van der Waals surface area (Å²) in [7, 11) is 0. The summed E-state index contributed by atoms with van der Waals surface area (Å²) in [4.78, 5) is 26.5. The molecule has 2 N–H and O–H groups in total. The summed E-state index contributed by atoms with van der Waals surface area (Å²) in [5, 5.41) is 12.3. The van der Waals surface area contributed by atoms with E-state index in [0.29, 0.717) is 10.6 Å². The number of halogens is 3. The third-order valence-corrected chi connectivity index (χ3v) is 3.44. The Morgan fingerprint density at radius 1 is 1.45 bits per heavy atom. The number of aromatic nitrogens is 1. The second-order valence-corrected chi connectivity index (χ2v) is 5.09. The number of carboxylic acid groups (broad SMARTS) is 1. The minimum Gasteiger partial charge on any atom is -0.480 e. The average Bonchev–Trinajstić information content (AvgIpc) is 3.07. The Balaban J connectivity index is 2.09. The summed E-state index contributed by atoms with van der Waals surface area (Å²) in [5.41, 5.74) is 0.448. The second-order valence-electron chi connectivity index (χ2n) is 4.23. The Morgan fingerprint density at radius 3 is 2.73 bits per heavy atom. The van der Waals surface area contributed by atoms with Crippen molar-refractivity contribution < 1.29 is 32.3 Å². The van der Waals surface area contributed by atoms with Gasteiger partial charge in [-0.15, -0.1) is 11.3 Å². The maximum atomic E-state index is 12.3. The van der Waals surface area contributed by atoms with Crippen LogP contribution < -0.4 is 5.32 Å². The van der Waals surface area contributed by atoms with E-state index in [-0.39, 0.29) is 5.69 Å². The summed E-state index contributed by atoms with van der Waals surface area (Å²) in [6.45, 7) is 0. The molecule has 1 atom stereocenters. The first-order valence-corrected chi connectivity index (χ1v) is 6.73. The van der Waals surface area contributed by atoms with Crippen LogP contribution in [0.5, 0.6) is 0 Å². The molecule has 1 unspecified atom stereocenters. The normalized spacial score (nSPS) is 12.9. The summed E-state index contributed by atoms with van der Waals surface area (Å²) >= 11 is 1.08. The summed E-state index contributed by atoms with van der Waals surface area (Å²) in [5.74, 6) is -2.75. The van der Waals surface area contributed by atoms with E-state index in [1.807, 2.05) is 5.32 Å². The molecule has 2 heterocycles. The maximum Gasteiger partial charge on any atom is 0.391 e. The number of nitrogens with one attached hydrogen (secondary N) is 1. The SMILES string of the molecule is O=C(NC(CC(F)(F)F)C(=O)O)c1csc(-c2ccoc2)n1. The predicted octanol–water partition coefficient (Wildman–Crippen LogP) is 2.54. The van der Waals surface area contributed by atoms with Gasteiger partial charge in [0.2, 0.25) is 0 Å². The number of aliphatic carboxylic acids is 1. The zero-order chi connectivity index (χ0) is 16.3. The number of alkyl halides is 3. The molecular formula is C12H9F3N2O4S. The lowest BCUT2D eigenvalue weighted by molar-refractivity contribution is -0.157. The predicted molar refractivity (Wildman–Crippen MR) is 69.4 cm³/mol. The molecule has 0 radical (unpaired) electrons. The molecule has 0 aliphatic carbocycles. The van der Waals surface area contributed by atoms with Crippen LogP contribution in [0, 0.1) is 0 Å². The van der Waals surface area contributed by atoms with Crippen molar-refractivity contribution in [2.45, 2.75) is 18.6 Å². The van der Waals surface area contributed by atoms with Gasteiger partial charge in [0, 0.05) is 10.9 Å². The highest BCUT2D eigenvalue weighted by atomic mass is 32.1. The van der Waals surface area contributed by atoms with E-state index in [1.165, 1.54) is 17.9 Å². The summed E-state index contributed by atoms with van der Waals surface area (Å²) in [6, 6.07) is -0.462. The van der Waals surface area contributed by atoms with Crippen molar-refractivity contribution in [1.82, 2.24) is 10.3 Å². The zero-order valence-corrected chi connectivity index (χ0v) is 11.6. The van der Waals surface area contributed by atoms with Crippen molar-refractivity contribution in [1.29, 1.82) is 0 Å². The first-order valence-electron chi connectivity index (χ1n) is 5.85. The van der Waals surface area contributed by atoms with Crippen molar-refractivity contribution in [3.63, 3.8) is 0 Å². The van der Waals surface area contributed by atoms with Crippen LogP contribution in [-0.4, -0.2) is 34.2 Å². The third-order valence-electron chi connectivity index (χ3n) is 2.54. The van der Waals surface area contributed by atoms with Gasteiger partial charge >= 0.3 is 12.1 Å². The van der Waals surface area contributed by atoms with Crippen LogP contribution >= 0.6 is 11.3 Å². The number of carbonyl (C=O) groups is 2. The molecule has 1 amide bonds. The average molecular weight is 334 g/mol. The van der Waals surface area contributed by atoms with Crippen molar-refractivity contribution in [3.8, 4) is 10.6 Å². The van der Waals surface area contributed by atoms with E-state index >= 15 is 0 Å². The van der Waals surface area contributed by atoms with Crippen LogP contribution in [0.1, 0.15) is 16.9 Å². The Labute approximate surface area is 125 Å². The molecule has 22 heavy (non-hydrogen) atoms. The van der Waals surface area contributed by atoms with Gasteiger partial charge in [-0.2, -0.15) is 13.2 Å². The maximum absolute atomic E-state index is 12.3. The van der Waals surface area contributed by atoms with Crippen molar-refractivity contribution in [3.05, 3.63) is 29.7 Å². The molecule has 0 aromatic carbocycles. The highest BCUT2D eigenvalue weighted by Crippen LogP contribution is 2.25. The van der Waals surface area contributed by atoms with E-state index in [4.69, 9.17) is 9.52 Å². The van der Waals surface area contributed by atoms with E-state index < -0.39 is 30.5 Å². The smallest absolute Gasteiger partial charge is 0.391 e. The molecule has 2 rings (SSSR count). The highest BCUT2D eigenvalue weighted by Gasteiger charge is 2.36. The Morgan fingerprint density at radius 2 is 2.18 bits per heavy atom. The topological polar surface area (TPSA) is 92.4 Å². The number of rotatable bonds is 5. The first kappa shape index (κ1) is 16.0. The van der Waals surface area contributed by atoms with E-state index in [1.54, 1.807) is 6.07 Å². The number of hydrogen-bond acceptors (Lipinski definition) is 5. The number of nitrogens with zero attached hydrogens (tertiary/aromatic N) is 1. The van der Waals surface area contributed by atoms with Crippen LogP contribution in [0.3, 0.4) is 0 Å². The van der Waals surface area contributed by atoms with Gasteiger partial charge in [0.15, 0.2) is 0 Å². The molecule has 0 aliphatic heterocycles. The molecule has 0 bridgehead atoms. The third kappa shape index (κ3) is 4.07. The van der Waals surface area contributed by atoms with Crippen LogP contribution in [0.4, 0.5) is 13.2 Å². The second kappa shape index (κ2) is 6.18. The largest absolute Gasteiger partial charge is 0.480 e. The molecular weight excluding hydrogens is 325 g/mol. The molecule has 0 saturated heterocycles. The number of hydrogen-bond donors (Lipinski definition) is 2. The first-order chi connectivity index (χ1) is 10.3. The van der Waals surface area contributed by atoms with Gasteiger partial charge in [-0.25, -0.2) is 9.78 Å². The van der Waals surface area contributed by atoms with E-state index in [2.05, 4.69) is 4.98 Å². The molecule has 0 spiro atoms. The molecule has 118 valence electrons. The minimum absolute atomic E-state index is 0.158. The summed E-state index contributed by atoms with van der Waals surface area (Å²) < 4.78 is 41.7. The van der Waals surface area contributed by atoms with Gasteiger partial charge in [-0.1, -0.05) is 0 Å². The van der Waals surface area contributed by atoms with Gasteiger partial charge < -0.3 is 14.8 Å². The molecule has 2 aromatic heterocycles. The lowest BCUT2D eigenvalue weighted by Crippen LogP contribution is -2.43.